The van der Waals surface area contributed by atoms with Crippen LogP contribution in [0.4, 0.5) is 0 Å². The van der Waals surface area contributed by atoms with Crippen molar-refractivity contribution in [3.63, 3.8) is 0 Å². The summed E-state index contributed by atoms with van der Waals surface area (Å²) in [6.45, 7) is 6.04. The maximum atomic E-state index is 12.9. The molecule has 0 aliphatic carbocycles. The molecule has 0 radical (unpaired) electrons. The second-order valence-electron chi connectivity index (χ2n) is 6.16. The quantitative estimate of drug-likeness (QED) is 0.583. The number of aryl methyl sites for hydroxylation is 1. The Labute approximate surface area is 156 Å². The van der Waals surface area contributed by atoms with Crippen LogP contribution in [0, 0.1) is 13.8 Å². The summed E-state index contributed by atoms with van der Waals surface area (Å²) in [6, 6.07) is 7.60. The zero-order valence-corrected chi connectivity index (χ0v) is 16.7. The molecule has 1 unspecified atom stereocenters. The molecule has 1 N–H and O–H groups in total. The number of H-pyrrole nitrogens is 1. The minimum absolute atomic E-state index is 0.0506. The predicted molar refractivity (Wildman–Crippen MR) is 101 cm³/mol. The molecule has 1 heterocycles. The van der Waals surface area contributed by atoms with Crippen molar-refractivity contribution < 1.29 is 14.3 Å². The minimum atomic E-state index is -0.431. The molecule has 134 valence electrons. The number of carbonyl (C=O) groups excluding carboxylic acids is 2. The fraction of sp³-hybridized carbons (Fsp3) is 0.368. The van der Waals surface area contributed by atoms with Crippen molar-refractivity contribution in [3.05, 3.63) is 56.8 Å². The van der Waals surface area contributed by atoms with Gasteiger partial charge in [0.25, 0.3) is 0 Å². The van der Waals surface area contributed by atoms with Crippen molar-refractivity contribution in [1.29, 1.82) is 0 Å². The second-order valence-corrected chi connectivity index (χ2v) is 7.02. The van der Waals surface area contributed by atoms with Crippen molar-refractivity contribution in [3.8, 4) is 0 Å². The number of hydrogen-bond donors (Lipinski definition) is 1. The third kappa shape index (κ3) is 4.02. The highest BCUT2D eigenvalue weighted by atomic mass is 79.9. The highest BCUT2D eigenvalue weighted by Crippen LogP contribution is 2.23. The number of esters is 1. The molecule has 0 saturated heterocycles. The molecule has 2 rings (SSSR count). The van der Waals surface area contributed by atoms with Crippen molar-refractivity contribution >= 4 is 27.7 Å². The number of methoxy groups -OCH3 is 1. The zero-order chi connectivity index (χ0) is 18.7. The Balaban J connectivity index is 2.22. The smallest absolute Gasteiger partial charge is 0.339 e. The number of likely N-dealkylation sites (N-methyl/N-ethyl adjacent to an activating group) is 1. The number of nitrogens with zero attached hydrogens (tertiary/aromatic N) is 1. The van der Waals surface area contributed by atoms with Gasteiger partial charge in [0, 0.05) is 16.7 Å². The van der Waals surface area contributed by atoms with E-state index in [1.54, 1.807) is 13.8 Å². The van der Waals surface area contributed by atoms with E-state index >= 15 is 0 Å². The number of Topliss-reactive ketones (excluding diaryl/α,β-unsaturated/α-hetero) is 1. The Morgan fingerprint density at radius 3 is 2.52 bits per heavy atom. The summed E-state index contributed by atoms with van der Waals surface area (Å²) in [7, 11) is 3.25. The standard InChI is InChI=1S/C19H23BrN2O3/c1-11-16(19(24)25-5)12(2)21-17(11)18(23)13(3)22(4)10-14-8-6-7-9-15(14)20/h6-9,13,21H,10H2,1-5H3. The Hall–Kier alpha value is -1.92. The van der Waals surface area contributed by atoms with Gasteiger partial charge in [0.2, 0.25) is 0 Å². The van der Waals surface area contributed by atoms with Gasteiger partial charge in [-0.2, -0.15) is 0 Å². The van der Waals surface area contributed by atoms with Crippen LogP contribution >= 0.6 is 15.9 Å². The van der Waals surface area contributed by atoms with E-state index < -0.39 is 5.97 Å². The summed E-state index contributed by atoms with van der Waals surface area (Å²) in [5, 5.41) is 0. The Bertz CT molecular complexity index is 798. The van der Waals surface area contributed by atoms with Crippen LogP contribution in [-0.2, 0) is 11.3 Å². The van der Waals surface area contributed by atoms with Crippen LogP contribution in [0.15, 0.2) is 28.7 Å². The molecule has 0 amide bonds. The van der Waals surface area contributed by atoms with Crippen LogP contribution in [0.3, 0.4) is 0 Å². The monoisotopic (exact) mass is 406 g/mol. The highest BCUT2D eigenvalue weighted by Gasteiger charge is 2.27. The van der Waals surface area contributed by atoms with Crippen molar-refractivity contribution in [2.24, 2.45) is 0 Å². The number of ether oxygens (including phenoxy) is 1. The minimum Gasteiger partial charge on any atom is -0.465 e. The first-order chi connectivity index (χ1) is 11.8. The van der Waals surface area contributed by atoms with Gasteiger partial charge in [-0.1, -0.05) is 34.1 Å². The summed E-state index contributed by atoms with van der Waals surface area (Å²) in [5.74, 6) is -0.482. The molecule has 6 heteroatoms. The lowest BCUT2D eigenvalue weighted by Crippen LogP contribution is -2.36. The van der Waals surface area contributed by atoms with Crippen LogP contribution in [0.2, 0.25) is 0 Å². The summed E-state index contributed by atoms with van der Waals surface area (Å²) < 4.78 is 5.82. The number of nitrogens with one attached hydrogen (secondary N) is 1. The predicted octanol–water partition coefficient (Wildman–Crippen LogP) is 3.88. The average molecular weight is 407 g/mol. The van der Waals surface area contributed by atoms with Gasteiger partial charge < -0.3 is 9.72 Å². The van der Waals surface area contributed by atoms with E-state index in [1.807, 2.05) is 43.1 Å². The maximum absolute atomic E-state index is 12.9. The molecular formula is C19H23BrN2O3. The Morgan fingerprint density at radius 1 is 1.28 bits per heavy atom. The lowest BCUT2D eigenvalue weighted by molar-refractivity contribution is 0.0599. The van der Waals surface area contributed by atoms with Gasteiger partial charge in [0.05, 0.1) is 24.4 Å². The second kappa shape index (κ2) is 7.97. The molecule has 25 heavy (non-hydrogen) atoms. The van der Waals surface area contributed by atoms with Crippen molar-refractivity contribution in [2.45, 2.75) is 33.4 Å². The van der Waals surface area contributed by atoms with Crippen LogP contribution in [0.5, 0.6) is 0 Å². The molecule has 2 aromatic rings. The fourth-order valence-electron chi connectivity index (χ4n) is 2.85. The lowest BCUT2D eigenvalue weighted by Gasteiger charge is -2.24. The number of aromatic nitrogens is 1. The van der Waals surface area contributed by atoms with Gasteiger partial charge >= 0.3 is 5.97 Å². The largest absolute Gasteiger partial charge is 0.465 e. The molecule has 0 spiro atoms. The maximum Gasteiger partial charge on any atom is 0.339 e. The summed E-state index contributed by atoms with van der Waals surface area (Å²) >= 11 is 3.54. The first kappa shape index (κ1) is 19.4. The van der Waals surface area contributed by atoms with E-state index in [4.69, 9.17) is 4.74 Å². The van der Waals surface area contributed by atoms with Gasteiger partial charge in [0.15, 0.2) is 5.78 Å². The summed E-state index contributed by atoms with van der Waals surface area (Å²) in [6.07, 6.45) is 0. The normalized spacial score (nSPS) is 12.3. The first-order valence-corrected chi connectivity index (χ1v) is 8.82. The molecule has 1 aromatic carbocycles. The fourth-order valence-corrected chi connectivity index (χ4v) is 3.26. The number of benzene rings is 1. The third-order valence-corrected chi connectivity index (χ3v) is 5.27. The summed E-state index contributed by atoms with van der Waals surface area (Å²) in [5.41, 5.74) is 3.29. The van der Waals surface area contributed by atoms with E-state index in [-0.39, 0.29) is 11.8 Å². The van der Waals surface area contributed by atoms with E-state index in [2.05, 4.69) is 20.9 Å². The van der Waals surface area contributed by atoms with Crippen LogP contribution in [-0.4, -0.2) is 41.8 Å². The van der Waals surface area contributed by atoms with Gasteiger partial charge in [-0.05, 0) is 45.0 Å². The van der Waals surface area contributed by atoms with Gasteiger partial charge in [-0.3, -0.25) is 9.69 Å². The van der Waals surface area contributed by atoms with Crippen LogP contribution < -0.4 is 0 Å². The lowest BCUT2D eigenvalue weighted by atomic mass is 10.0. The van der Waals surface area contributed by atoms with Gasteiger partial charge in [0.1, 0.15) is 0 Å². The van der Waals surface area contributed by atoms with Crippen molar-refractivity contribution in [1.82, 2.24) is 9.88 Å². The molecular weight excluding hydrogens is 384 g/mol. The number of halogens is 1. The van der Waals surface area contributed by atoms with E-state index in [0.717, 1.165) is 10.0 Å². The van der Waals surface area contributed by atoms with Crippen molar-refractivity contribution in [2.75, 3.05) is 14.2 Å². The Kier molecular flexibility index (Phi) is 6.19. The molecule has 1 atom stereocenters. The number of hydrogen-bond acceptors (Lipinski definition) is 4. The first-order valence-electron chi connectivity index (χ1n) is 8.03. The van der Waals surface area contributed by atoms with E-state index in [9.17, 15) is 9.59 Å². The van der Waals surface area contributed by atoms with Crippen LogP contribution in [0.1, 0.15) is 44.6 Å². The molecule has 0 saturated carbocycles. The van der Waals surface area contributed by atoms with Gasteiger partial charge in [-0.15, -0.1) is 0 Å². The highest BCUT2D eigenvalue weighted by molar-refractivity contribution is 9.10. The SMILES string of the molecule is COC(=O)c1c(C)[nH]c(C(=O)C(C)N(C)Cc2ccccc2Br)c1C. The van der Waals surface area contributed by atoms with E-state index in [0.29, 0.717) is 29.1 Å². The molecule has 0 fully saturated rings. The topological polar surface area (TPSA) is 62.4 Å². The number of ketones is 1. The third-order valence-electron chi connectivity index (χ3n) is 4.49. The van der Waals surface area contributed by atoms with E-state index in [1.165, 1.54) is 7.11 Å². The molecule has 0 aliphatic rings. The summed E-state index contributed by atoms with van der Waals surface area (Å²) in [4.78, 5) is 29.9. The number of aromatic amines is 1. The zero-order valence-electron chi connectivity index (χ0n) is 15.1. The average Bonchev–Trinajstić information content (AvgIpc) is 2.89. The van der Waals surface area contributed by atoms with Gasteiger partial charge in [-0.25, -0.2) is 4.79 Å². The number of carbonyl (C=O) groups is 2. The molecule has 0 bridgehead atoms. The number of rotatable bonds is 6. The molecule has 1 aromatic heterocycles. The molecule has 5 nitrogen and oxygen atoms in total. The van der Waals surface area contributed by atoms with Crippen LogP contribution in [0.25, 0.3) is 0 Å². The Morgan fingerprint density at radius 2 is 1.92 bits per heavy atom. The molecule has 0 aliphatic heterocycles.